The van der Waals surface area contributed by atoms with Crippen LogP contribution in [0.5, 0.6) is 23.0 Å². The molecule has 0 radical (unpaired) electrons. The van der Waals surface area contributed by atoms with E-state index in [9.17, 15) is 5.11 Å². The van der Waals surface area contributed by atoms with Crippen molar-refractivity contribution in [2.75, 3.05) is 26.4 Å². The number of benzene rings is 2. The third-order valence-electron chi connectivity index (χ3n) is 4.60. The van der Waals surface area contributed by atoms with Crippen molar-refractivity contribution in [1.82, 2.24) is 0 Å². The Balaban J connectivity index is 2.02. The van der Waals surface area contributed by atoms with Crippen LogP contribution in [0.15, 0.2) is 30.3 Å². The van der Waals surface area contributed by atoms with E-state index in [1.165, 1.54) is 11.1 Å². The first-order valence-corrected chi connectivity index (χ1v) is 9.39. The van der Waals surface area contributed by atoms with Crippen molar-refractivity contribution in [2.45, 2.75) is 33.2 Å². The minimum absolute atomic E-state index is 0.147. The Morgan fingerprint density at radius 3 is 2.27 bits per heavy atom. The molecule has 5 heteroatoms. The van der Waals surface area contributed by atoms with Crippen LogP contribution >= 0.6 is 0 Å². The number of phenols is 1. The Labute approximate surface area is 154 Å². The maximum absolute atomic E-state index is 10.00. The number of quaternary nitrogens is 1. The maximum atomic E-state index is 10.00. The molecule has 0 amide bonds. The zero-order chi connectivity index (χ0) is 18.5. The lowest BCUT2D eigenvalue weighted by Crippen LogP contribution is -2.87. The molecule has 0 bridgehead atoms. The monoisotopic (exact) mass is 358 g/mol. The van der Waals surface area contributed by atoms with Crippen molar-refractivity contribution in [3.05, 3.63) is 47.0 Å². The standard InChI is InChI=1S/C21H27NO4/c1-4-24-18-12-15(7-8-17(18)23)21-16-13-20(26-6-3)19(25-5-2)11-14(16)9-10-22-21/h7-8,11-13,21-23H,4-6,9-10H2,1-3H3/p+1/t21-/m0/s1. The van der Waals surface area contributed by atoms with E-state index in [-0.39, 0.29) is 11.8 Å². The first-order valence-electron chi connectivity index (χ1n) is 9.39. The van der Waals surface area contributed by atoms with E-state index >= 15 is 0 Å². The molecule has 0 unspecified atom stereocenters. The van der Waals surface area contributed by atoms with E-state index in [1.54, 1.807) is 6.07 Å². The second-order valence-corrected chi connectivity index (χ2v) is 6.28. The number of hydrogen-bond acceptors (Lipinski definition) is 4. The molecule has 140 valence electrons. The summed E-state index contributed by atoms with van der Waals surface area (Å²) in [7, 11) is 0. The lowest BCUT2D eigenvalue weighted by atomic mass is 9.89. The van der Waals surface area contributed by atoms with E-state index < -0.39 is 0 Å². The molecule has 0 saturated carbocycles. The largest absolute Gasteiger partial charge is 0.504 e. The second kappa shape index (κ2) is 8.32. The average Bonchev–Trinajstić information content (AvgIpc) is 2.64. The topological polar surface area (TPSA) is 64.5 Å². The van der Waals surface area contributed by atoms with Crippen LogP contribution < -0.4 is 19.5 Å². The lowest BCUT2D eigenvalue weighted by Gasteiger charge is -2.26. The highest BCUT2D eigenvalue weighted by Gasteiger charge is 2.28. The number of aromatic hydroxyl groups is 1. The normalized spacial score (nSPS) is 16.0. The zero-order valence-corrected chi connectivity index (χ0v) is 15.7. The summed E-state index contributed by atoms with van der Waals surface area (Å²) in [6.45, 7) is 8.61. The molecular weight excluding hydrogens is 330 g/mol. The minimum Gasteiger partial charge on any atom is -0.504 e. The summed E-state index contributed by atoms with van der Waals surface area (Å²) < 4.78 is 17.2. The summed E-state index contributed by atoms with van der Waals surface area (Å²) in [4.78, 5) is 0. The SMILES string of the molecule is CCOc1cc([C@@H]2[NH2+]CCc3cc(OCC)c(OCC)cc32)ccc1O. The van der Waals surface area contributed by atoms with E-state index in [2.05, 4.69) is 17.4 Å². The highest BCUT2D eigenvalue weighted by atomic mass is 16.5. The summed E-state index contributed by atoms with van der Waals surface area (Å²) in [6, 6.07) is 9.98. The van der Waals surface area contributed by atoms with E-state index in [1.807, 2.05) is 32.9 Å². The van der Waals surface area contributed by atoms with Gasteiger partial charge in [-0.1, -0.05) is 0 Å². The summed E-state index contributed by atoms with van der Waals surface area (Å²) in [5.74, 6) is 2.31. The number of fused-ring (bicyclic) bond motifs is 1. The fourth-order valence-corrected chi connectivity index (χ4v) is 3.50. The van der Waals surface area contributed by atoms with Crippen molar-refractivity contribution in [1.29, 1.82) is 0 Å². The molecule has 0 aromatic heterocycles. The van der Waals surface area contributed by atoms with Crippen LogP contribution in [-0.2, 0) is 6.42 Å². The second-order valence-electron chi connectivity index (χ2n) is 6.28. The third kappa shape index (κ3) is 3.73. The van der Waals surface area contributed by atoms with Gasteiger partial charge in [0.1, 0.15) is 6.04 Å². The third-order valence-corrected chi connectivity index (χ3v) is 4.60. The molecule has 0 spiro atoms. The summed E-state index contributed by atoms with van der Waals surface area (Å²) >= 11 is 0. The van der Waals surface area contributed by atoms with Gasteiger partial charge in [-0.15, -0.1) is 0 Å². The lowest BCUT2D eigenvalue weighted by molar-refractivity contribution is -0.690. The van der Waals surface area contributed by atoms with Gasteiger partial charge in [0.15, 0.2) is 23.0 Å². The summed E-state index contributed by atoms with van der Waals surface area (Å²) in [6.07, 6.45) is 0.995. The molecule has 26 heavy (non-hydrogen) atoms. The van der Waals surface area contributed by atoms with Crippen LogP contribution in [-0.4, -0.2) is 31.5 Å². The summed E-state index contributed by atoms with van der Waals surface area (Å²) in [5, 5.41) is 12.3. The number of nitrogens with two attached hydrogens (primary N) is 1. The van der Waals surface area contributed by atoms with Crippen LogP contribution in [0.2, 0.25) is 0 Å². The highest BCUT2D eigenvalue weighted by Crippen LogP contribution is 2.37. The minimum atomic E-state index is 0.147. The van der Waals surface area contributed by atoms with Crippen molar-refractivity contribution >= 4 is 0 Å². The van der Waals surface area contributed by atoms with Crippen LogP contribution in [0.3, 0.4) is 0 Å². The molecule has 0 fully saturated rings. The Kier molecular flexibility index (Phi) is 5.89. The van der Waals surface area contributed by atoms with Crippen molar-refractivity contribution in [3.8, 4) is 23.0 Å². The Morgan fingerprint density at radius 2 is 1.58 bits per heavy atom. The molecule has 1 heterocycles. The van der Waals surface area contributed by atoms with Crippen molar-refractivity contribution in [2.24, 2.45) is 0 Å². The molecule has 2 aromatic carbocycles. The number of phenolic OH excluding ortho intramolecular Hbond substituents is 1. The quantitative estimate of drug-likeness (QED) is 0.799. The predicted molar refractivity (Wildman–Crippen MR) is 100 cm³/mol. The van der Waals surface area contributed by atoms with Gasteiger partial charge in [-0.2, -0.15) is 0 Å². The van der Waals surface area contributed by atoms with E-state index in [0.717, 1.165) is 30.0 Å². The van der Waals surface area contributed by atoms with E-state index in [4.69, 9.17) is 14.2 Å². The first-order chi connectivity index (χ1) is 12.7. The molecular formula is C21H28NO4+. The van der Waals surface area contributed by atoms with Gasteiger partial charge in [-0.05, 0) is 56.7 Å². The van der Waals surface area contributed by atoms with Crippen LogP contribution in [0, 0.1) is 0 Å². The number of hydrogen-bond donors (Lipinski definition) is 2. The maximum Gasteiger partial charge on any atom is 0.161 e. The van der Waals surface area contributed by atoms with Gasteiger partial charge in [0.2, 0.25) is 0 Å². The molecule has 1 aliphatic heterocycles. The van der Waals surface area contributed by atoms with Crippen molar-refractivity contribution < 1.29 is 24.6 Å². The van der Waals surface area contributed by atoms with Crippen molar-refractivity contribution in [3.63, 3.8) is 0 Å². The van der Waals surface area contributed by atoms with Gasteiger partial charge < -0.3 is 24.6 Å². The number of ether oxygens (including phenoxy) is 3. The first kappa shape index (κ1) is 18.4. The van der Waals surface area contributed by atoms with Gasteiger partial charge in [-0.3, -0.25) is 0 Å². The molecule has 1 aliphatic rings. The van der Waals surface area contributed by atoms with Crippen LogP contribution in [0.25, 0.3) is 0 Å². The van der Waals surface area contributed by atoms with E-state index in [0.29, 0.717) is 25.6 Å². The van der Waals surface area contributed by atoms with Gasteiger partial charge >= 0.3 is 0 Å². The molecule has 0 aliphatic carbocycles. The molecule has 3 rings (SSSR count). The molecule has 2 aromatic rings. The average molecular weight is 358 g/mol. The molecule has 0 saturated heterocycles. The molecule has 3 N–H and O–H groups in total. The van der Waals surface area contributed by atoms with Crippen LogP contribution in [0.1, 0.15) is 43.5 Å². The Hall–Kier alpha value is -2.40. The highest BCUT2D eigenvalue weighted by molar-refractivity contribution is 5.52. The summed E-state index contributed by atoms with van der Waals surface area (Å²) in [5.41, 5.74) is 3.63. The fourth-order valence-electron chi connectivity index (χ4n) is 3.50. The Bertz CT molecular complexity index is 760. The van der Waals surface area contributed by atoms with Gasteiger partial charge in [-0.25, -0.2) is 0 Å². The van der Waals surface area contributed by atoms with Crippen LogP contribution in [0.4, 0.5) is 0 Å². The van der Waals surface area contributed by atoms with Gasteiger partial charge in [0, 0.05) is 17.5 Å². The fraction of sp³-hybridized carbons (Fsp3) is 0.429. The zero-order valence-electron chi connectivity index (χ0n) is 15.7. The Morgan fingerprint density at radius 1 is 0.923 bits per heavy atom. The predicted octanol–water partition coefficient (Wildman–Crippen LogP) is 2.80. The number of rotatable bonds is 7. The smallest absolute Gasteiger partial charge is 0.161 e. The van der Waals surface area contributed by atoms with Gasteiger partial charge in [0.25, 0.3) is 0 Å². The molecule has 5 nitrogen and oxygen atoms in total. The molecule has 1 atom stereocenters. The van der Waals surface area contributed by atoms with Gasteiger partial charge in [0.05, 0.1) is 26.4 Å².